The lowest BCUT2D eigenvalue weighted by Gasteiger charge is -2.19. The molecule has 0 fully saturated rings. The van der Waals surface area contributed by atoms with Crippen LogP contribution in [0.4, 0.5) is 10.1 Å². The number of halogens is 1. The van der Waals surface area contributed by atoms with Crippen LogP contribution < -0.4 is 10.1 Å². The van der Waals surface area contributed by atoms with Gasteiger partial charge in [-0.3, -0.25) is 4.79 Å². The molecule has 1 amide bonds. The number of methoxy groups -OCH3 is 2. The number of esters is 1. The van der Waals surface area contributed by atoms with E-state index in [0.29, 0.717) is 0 Å². The molecule has 8 nitrogen and oxygen atoms in total. The molecular weight excluding hydrogens is 391 g/mol. The number of nitrogens with zero attached hydrogens (tertiary/aromatic N) is 1. The number of hydrogen-bond donors (Lipinski definition) is 1. The van der Waals surface area contributed by atoms with E-state index in [4.69, 9.17) is 4.74 Å². The molecular formula is C18H19FN2O6S. The third kappa shape index (κ3) is 4.65. The van der Waals surface area contributed by atoms with Gasteiger partial charge >= 0.3 is 5.97 Å². The maximum absolute atomic E-state index is 13.5. The van der Waals surface area contributed by atoms with Crippen LogP contribution in [-0.2, 0) is 19.6 Å². The zero-order valence-corrected chi connectivity index (χ0v) is 16.2. The topological polar surface area (TPSA) is 102 Å². The number of ether oxygens (including phenoxy) is 2. The molecule has 0 unspecified atom stereocenters. The van der Waals surface area contributed by atoms with Gasteiger partial charge in [-0.1, -0.05) is 12.1 Å². The summed E-state index contributed by atoms with van der Waals surface area (Å²) in [4.78, 5) is 23.7. The van der Waals surface area contributed by atoms with E-state index in [-0.39, 0.29) is 17.0 Å². The van der Waals surface area contributed by atoms with Crippen LogP contribution in [0.2, 0.25) is 0 Å². The summed E-state index contributed by atoms with van der Waals surface area (Å²) in [7, 11) is -0.580. The second-order valence-electron chi connectivity index (χ2n) is 5.64. The van der Waals surface area contributed by atoms with Crippen LogP contribution in [0.25, 0.3) is 0 Å². The minimum Gasteiger partial charge on any atom is -0.495 e. The number of likely N-dealkylation sites (N-methyl/N-ethyl adjacent to an activating group) is 1. The largest absolute Gasteiger partial charge is 0.495 e. The van der Waals surface area contributed by atoms with E-state index >= 15 is 0 Å². The highest BCUT2D eigenvalue weighted by molar-refractivity contribution is 7.89. The number of nitrogens with one attached hydrogen (secondary N) is 1. The van der Waals surface area contributed by atoms with Gasteiger partial charge in [0.15, 0.2) is 0 Å². The first-order chi connectivity index (χ1) is 13.2. The number of benzene rings is 2. The molecule has 0 spiro atoms. The molecule has 0 heterocycles. The van der Waals surface area contributed by atoms with Gasteiger partial charge in [0.2, 0.25) is 15.9 Å². The van der Waals surface area contributed by atoms with E-state index in [1.807, 2.05) is 0 Å². The van der Waals surface area contributed by atoms with Crippen LogP contribution in [-0.4, -0.2) is 52.4 Å². The highest BCUT2D eigenvalue weighted by Gasteiger charge is 2.27. The number of sulfonamides is 1. The second-order valence-corrected chi connectivity index (χ2v) is 7.65. The van der Waals surface area contributed by atoms with Crippen molar-refractivity contribution >= 4 is 27.6 Å². The first-order valence-electron chi connectivity index (χ1n) is 7.97. The number of hydrogen-bond acceptors (Lipinski definition) is 6. The smallest absolute Gasteiger partial charge is 0.339 e. The Morgan fingerprint density at radius 2 is 1.82 bits per heavy atom. The summed E-state index contributed by atoms with van der Waals surface area (Å²) < 4.78 is 49.3. The van der Waals surface area contributed by atoms with Crippen molar-refractivity contribution in [3.63, 3.8) is 0 Å². The van der Waals surface area contributed by atoms with Crippen LogP contribution >= 0.6 is 0 Å². The number of amides is 1. The molecule has 0 bridgehead atoms. The Labute approximate surface area is 161 Å². The SMILES string of the molecule is COC(=O)c1ccccc1NC(=O)CN(C)S(=O)(=O)c1cc(F)ccc1OC. The van der Waals surface area contributed by atoms with E-state index in [9.17, 15) is 22.4 Å². The fourth-order valence-corrected chi connectivity index (χ4v) is 3.67. The van der Waals surface area contributed by atoms with Gasteiger partial charge in [0.05, 0.1) is 32.0 Å². The molecule has 10 heteroatoms. The highest BCUT2D eigenvalue weighted by Crippen LogP contribution is 2.27. The summed E-state index contributed by atoms with van der Waals surface area (Å²) in [5, 5.41) is 2.47. The van der Waals surface area contributed by atoms with Gasteiger partial charge in [0.25, 0.3) is 0 Å². The minimum absolute atomic E-state index is 0.0512. The van der Waals surface area contributed by atoms with Crippen molar-refractivity contribution in [3.8, 4) is 5.75 Å². The standard InChI is InChI=1S/C18H19FN2O6S/c1-21(28(24,25)16-10-12(19)8-9-15(16)26-2)11-17(22)20-14-7-5-4-6-13(14)18(23)27-3/h4-10H,11H2,1-3H3,(H,20,22). The van der Waals surface area contributed by atoms with Crippen molar-refractivity contribution in [1.82, 2.24) is 4.31 Å². The summed E-state index contributed by atoms with van der Waals surface area (Å²) in [5.74, 6) is -2.16. The summed E-state index contributed by atoms with van der Waals surface area (Å²) in [6.45, 7) is -0.572. The maximum atomic E-state index is 13.5. The first-order valence-corrected chi connectivity index (χ1v) is 9.41. The van der Waals surface area contributed by atoms with Crippen LogP contribution in [0.3, 0.4) is 0 Å². The molecule has 0 aliphatic rings. The Balaban J connectivity index is 2.21. The fourth-order valence-electron chi connectivity index (χ4n) is 2.38. The van der Waals surface area contributed by atoms with Crippen LogP contribution in [0, 0.1) is 5.82 Å². The summed E-state index contributed by atoms with van der Waals surface area (Å²) in [5.41, 5.74) is 0.296. The van der Waals surface area contributed by atoms with Gasteiger partial charge in [0.1, 0.15) is 16.5 Å². The van der Waals surface area contributed by atoms with Crippen LogP contribution in [0.5, 0.6) is 5.75 Å². The molecule has 2 aromatic rings. The van der Waals surface area contributed by atoms with Crippen LogP contribution in [0.1, 0.15) is 10.4 Å². The summed E-state index contributed by atoms with van der Waals surface area (Å²) in [6.07, 6.45) is 0. The minimum atomic E-state index is -4.21. The Kier molecular flexibility index (Phi) is 6.71. The molecule has 0 radical (unpaired) electrons. The molecule has 0 aliphatic carbocycles. The van der Waals surface area contributed by atoms with Crippen molar-refractivity contribution in [3.05, 3.63) is 53.8 Å². The Hall–Kier alpha value is -2.98. The maximum Gasteiger partial charge on any atom is 0.339 e. The number of anilines is 1. The average Bonchev–Trinajstić information content (AvgIpc) is 2.67. The van der Waals surface area contributed by atoms with Crippen LogP contribution in [0.15, 0.2) is 47.4 Å². The number of rotatable bonds is 7. The molecule has 2 rings (SSSR count). The zero-order chi connectivity index (χ0) is 20.9. The fraction of sp³-hybridized carbons (Fsp3) is 0.222. The summed E-state index contributed by atoms with van der Waals surface area (Å²) in [6, 6.07) is 9.19. The number of para-hydroxylation sites is 1. The number of carbonyl (C=O) groups excluding carboxylic acids is 2. The lowest BCUT2D eigenvalue weighted by molar-refractivity contribution is -0.116. The Morgan fingerprint density at radius 1 is 1.14 bits per heavy atom. The first kappa shape index (κ1) is 21.3. The summed E-state index contributed by atoms with van der Waals surface area (Å²) >= 11 is 0. The average molecular weight is 410 g/mol. The van der Waals surface area contributed by atoms with Crippen molar-refractivity contribution < 1.29 is 31.9 Å². The monoisotopic (exact) mass is 410 g/mol. The molecule has 2 aromatic carbocycles. The molecule has 150 valence electrons. The van der Waals surface area contributed by atoms with E-state index in [0.717, 1.165) is 16.4 Å². The van der Waals surface area contributed by atoms with Crippen molar-refractivity contribution in [1.29, 1.82) is 0 Å². The van der Waals surface area contributed by atoms with Gasteiger partial charge in [-0.15, -0.1) is 0 Å². The zero-order valence-electron chi connectivity index (χ0n) is 15.4. The third-order valence-corrected chi connectivity index (χ3v) is 5.61. The molecule has 28 heavy (non-hydrogen) atoms. The van der Waals surface area contributed by atoms with Gasteiger partial charge < -0.3 is 14.8 Å². The van der Waals surface area contributed by atoms with Gasteiger partial charge in [-0.25, -0.2) is 17.6 Å². The predicted octanol–water partition coefficient (Wildman–Crippen LogP) is 1.88. The van der Waals surface area contributed by atoms with Crippen molar-refractivity contribution in [2.24, 2.45) is 0 Å². The number of carbonyl (C=O) groups is 2. The Bertz CT molecular complexity index is 993. The van der Waals surface area contributed by atoms with E-state index in [1.165, 1.54) is 39.5 Å². The van der Waals surface area contributed by atoms with Gasteiger partial charge in [0, 0.05) is 7.05 Å². The second kappa shape index (κ2) is 8.81. The van der Waals surface area contributed by atoms with E-state index in [1.54, 1.807) is 12.1 Å². The molecule has 0 saturated carbocycles. The normalized spacial score (nSPS) is 11.2. The van der Waals surface area contributed by atoms with Crippen molar-refractivity contribution in [2.45, 2.75) is 4.90 Å². The highest BCUT2D eigenvalue weighted by atomic mass is 32.2. The Morgan fingerprint density at radius 3 is 2.46 bits per heavy atom. The molecule has 0 saturated heterocycles. The van der Waals surface area contributed by atoms with E-state index in [2.05, 4.69) is 10.1 Å². The van der Waals surface area contributed by atoms with Gasteiger partial charge in [-0.05, 0) is 30.3 Å². The van der Waals surface area contributed by atoms with Gasteiger partial charge in [-0.2, -0.15) is 4.31 Å². The quantitative estimate of drug-likeness (QED) is 0.700. The molecule has 0 aromatic heterocycles. The lowest BCUT2D eigenvalue weighted by Crippen LogP contribution is -2.35. The van der Waals surface area contributed by atoms with Crippen molar-refractivity contribution in [2.75, 3.05) is 33.1 Å². The third-order valence-electron chi connectivity index (χ3n) is 3.79. The molecule has 1 N–H and O–H groups in total. The molecule has 0 atom stereocenters. The predicted molar refractivity (Wildman–Crippen MR) is 99.2 cm³/mol. The molecule has 0 aliphatic heterocycles. The lowest BCUT2D eigenvalue weighted by atomic mass is 10.2. The van der Waals surface area contributed by atoms with E-state index < -0.39 is 39.2 Å².